The zero-order valence-corrected chi connectivity index (χ0v) is 11.5. The molecule has 0 fully saturated rings. The van der Waals surface area contributed by atoms with E-state index in [1.165, 1.54) is 0 Å². The van der Waals surface area contributed by atoms with Gasteiger partial charge in [0.05, 0.1) is 5.41 Å². The molecule has 19 heavy (non-hydrogen) atoms. The smallest absolute Gasteiger partial charge is 0.321 e. The van der Waals surface area contributed by atoms with Crippen molar-refractivity contribution in [1.29, 1.82) is 0 Å². The molecule has 0 aliphatic rings. The minimum Gasteiger partial charge on any atom is -0.426 e. The Labute approximate surface area is 114 Å². The van der Waals surface area contributed by atoms with Crippen molar-refractivity contribution in [2.24, 2.45) is 0 Å². The summed E-state index contributed by atoms with van der Waals surface area (Å²) in [6, 6.07) is 17.2. The lowest BCUT2D eigenvalue weighted by molar-refractivity contribution is -0.139. The Hall–Kier alpha value is -2.09. The zero-order chi connectivity index (χ0) is 13.9. The van der Waals surface area contributed by atoms with Gasteiger partial charge in [-0.1, -0.05) is 42.5 Å². The van der Waals surface area contributed by atoms with Crippen LogP contribution in [0.4, 0.5) is 0 Å². The predicted molar refractivity (Wildman–Crippen MR) is 76.3 cm³/mol. The quantitative estimate of drug-likeness (QED) is 0.613. The van der Waals surface area contributed by atoms with E-state index >= 15 is 0 Å². The molecule has 2 rings (SSSR count). The number of hydrogen-bond donors (Lipinski definition) is 0. The molecule has 98 valence electrons. The van der Waals surface area contributed by atoms with E-state index in [9.17, 15) is 4.79 Å². The Kier molecular flexibility index (Phi) is 3.70. The molecule has 0 spiro atoms. The second-order valence-electron chi connectivity index (χ2n) is 5.20. The van der Waals surface area contributed by atoms with Gasteiger partial charge in [-0.15, -0.1) is 0 Å². The van der Waals surface area contributed by atoms with E-state index in [4.69, 9.17) is 4.74 Å². The van der Waals surface area contributed by atoms with Gasteiger partial charge in [-0.2, -0.15) is 0 Å². The van der Waals surface area contributed by atoms with Crippen LogP contribution in [0.1, 0.15) is 25.0 Å². The van der Waals surface area contributed by atoms with Crippen molar-refractivity contribution in [3.8, 4) is 5.75 Å². The van der Waals surface area contributed by atoms with Gasteiger partial charge < -0.3 is 4.74 Å². The highest BCUT2D eigenvalue weighted by Crippen LogP contribution is 2.26. The van der Waals surface area contributed by atoms with Crippen molar-refractivity contribution < 1.29 is 9.53 Å². The lowest BCUT2D eigenvalue weighted by atomic mass is 9.85. The van der Waals surface area contributed by atoms with Gasteiger partial charge in [-0.25, -0.2) is 0 Å². The van der Waals surface area contributed by atoms with Crippen molar-refractivity contribution >= 4 is 5.97 Å². The molecule has 0 saturated carbocycles. The minimum atomic E-state index is -0.662. The Bertz CT molecular complexity index is 571. The van der Waals surface area contributed by atoms with E-state index in [-0.39, 0.29) is 5.97 Å². The summed E-state index contributed by atoms with van der Waals surface area (Å²) in [4.78, 5) is 12.3. The molecular formula is C17H18O2. The molecule has 2 heteroatoms. The first-order valence-corrected chi connectivity index (χ1v) is 6.34. The van der Waals surface area contributed by atoms with E-state index in [1.54, 1.807) is 6.07 Å². The molecule has 0 saturated heterocycles. The lowest BCUT2D eigenvalue weighted by Crippen LogP contribution is -2.33. The number of aryl methyl sites for hydroxylation is 1. The maximum absolute atomic E-state index is 12.3. The van der Waals surface area contributed by atoms with Gasteiger partial charge in [-0.3, -0.25) is 4.79 Å². The Morgan fingerprint density at radius 2 is 1.68 bits per heavy atom. The number of carbonyl (C=O) groups is 1. The third kappa shape index (κ3) is 3.02. The molecule has 0 atom stereocenters. The Balaban J connectivity index is 2.20. The second kappa shape index (κ2) is 5.27. The highest BCUT2D eigenvalue weighted by Gasteiger charge is 2.31. The van der Waals surface area contributed by atoms with Gasteiger partial charge >= 0.3 is 5.97 Å². The highest BCUT2D eigenvalue weighted by molar-refractivity contribution is 5.84. The van der Waals surface area contributed by atoms with Crippen LogP contribution in [0.3, 0.4) is 0 Å². The summed E-state index contributed by atoms with van der Waals surface area (Å²) in [6.45, 7) is 5.72. The van der Waals surface area contributed by atoms with Gasteiger partial charge in [0.15, 0.2) is 0 Å². The number of ether oxygens (including phenoxy) is 1. The molecule has 0 radical (unpaired) electrons. The van der Waals surface area contributed by atoms with Gasteiger partial charge in [0.25, 0.3) is 0 Å². The maximum Gasteiger partial charge on any atom is 0.321 e. The monoisotopic (exact) mass is 254 g/mol. The summed E-state index contributed by atoms with van der Waals surface area (Å²) < 4.78 is 5.48. The molecule has 0 heterocycles. The molecule has 2 nitrogen and oxygen atoms in total. The van der Waals surface area contributed by atoms with Gasteiger partial charge in [0.2, 0.25) is 0 Å². The van der Waals surface area contributed by atoms with Crippen LogP contribution in [0.15, 0.2) is 54.6 Å². The van der Waals surface area contributed by atoms with Crippen molar-refractivity contribution in [2.45, 2.75) is 26.2 Å². The number of esters is 1. The van der Waals surface area contributed by atoms with Crippen molar-refractivity contribution in [3.05, 3.63) is 65.7 Å². The van der Waals surface area contributed by atoms with E-state index in [0.29, 0.717) is 5.75 Å². The molecule has 2 aromatic rings. The van der Waals surface area contributed by atoms with Gasteiger partial charge in [-0.05, 0) is 44.0 Å². The van der Waals surface area contributed by atoms with Crippen molar-refractivity contribution in [1.82, 2.24) is 0 Å². The largest absolute Gasteiger partial charge is 0.426 e. The lowest BCUT2D eigenvalue weighted by Gasteiger charge is -2.23. The van der Waals surface area contributed by atoms with E-state index in [1.807, 2.05) is 69.3 Å². The summed E-state index contributed by atoms with van der Waals surface area (Å²) in [5.74, 6) is 0.346. The number of rotatable bonds is 3. The van der Waals surface area contributed by atoms with Gasteiger partial charge in [0.1, 0.15) is 5.75 Å². The molecule has 2 aromatic carbocycles. The molecule has 0 amide bonds. The number of hydrogen-bond acceptors (Lipinski definition) is 2. The van der Waals surface area contributed by atoms with Crippen LogP contribution in [0.2, 0.25) is 0 Å². The molecule has 0 aliphatic carbocycles. The first-order valence-electron chi connectivity index (χ1n) is 6.34. The number of carbonyl (C=O) groups excluding carboxylic acids is 1. The fourth-order valence-electron chi connectivity index (χ4n) is 1.89. The van der Waals surface area contributed by atoms with Crippen LogP contribution >= 0.6 is 0 Å². The van der Waals surface area contributed by atoms with Crippen molar-refractivity contribution in [3.63, 3.8) is 0 Å². The minimum absolute atomic E-state index is 0.246. The predicted octanol–water partition coefficient (Wildman–Crippen LogP) is 3.88. The third-order valence-corrected chi connectivity index (χ3v) is 3.21. The first-order chi connectivity index (χ1) is 9.00. The Morgan fingerprint density at radius 3 is 2.32 bits per heavy atom. The molecule has 0 N–H and O–H groups in total. The summed E-state index contributed by atoms with van der Waals surface area (Å²) in [6.07, 6.45) is 0. The highest BCUT2D eigenvalue weighted by atomic mass is 16.5. The molecule has 0 unspecified atom stereocenters. The van der Waals surface area contributed by atoms with Crippen molar-refractivity contribution in [2.75, 3.05) is 0 Å². The summed E-state index contributed by atoms with van der Waals surface area (Å²) in [7, 11) is 0. The first kappa shape index (κ1) is 13.3. The van der Waals surface area contributed by atoms with Crippen LogP contribution < -0.4 is 4.74 Å². The fourth-order valence-corrected chi connectivity index (χ4v) is 1.89. The number of benzene rings is 2. The molecule has 0 bridgehead atoms. The van der Waals surface area contributed by atoms with Crippen LogP contribution in [0.25, 0.3) is 0 Å². The van der Waals surface area contributed by atoms with E-state index in [2.05, 4.69) is 0 Å². The summed E-state index contributed by atoms with van der Waals surface area (Å²) in [5, 5.41) is 0. The van der Waals surface area contributed by atoms with Gasteiger partial charge in [0, 0.05) is 0 Å². The SMILES string of the molecule is Cc1cccc(OC(=O)C(C)(C)c2ccccc2)c1. The second-order valence-corrected chi connectivity index (χ2v) is 5.20. The summed E-state index contributed by atoms with van der Waals surface area (Å²) in [5.41, 5.74) is 1.36. The fraction of sp³-hybridized carbons (Fsp3) is 0.235. The topological polar surface area (TPSA) is 26.3 Å². The summed E-state index contributed by atoms with van der Waals surface area (Å²) >= 11 is 0. The van der Waals surface area contributed by atoms with E-state index in [0.717, 1.165) is 11.1 Å². The standard InChI is InChI=1S/C17H18O2/c1-13-8-7-11-15(12-13)19-16(18)17(2,3)14-9-5-4-6-10-14/h4-12H,1-3H3. The molecule has 0 aliphatic heterocycles. The molecule has 0 aromatic heterocycles. The normalized spacial score (nSPS) is 11.1. The molecular weight excluding hydrogens is 236 g/mol. The van der Waals surface area contributed by atoms with E-state index < -0.39 is 5.41 Å². The average molecular weight is 254 g/mol. The average Bonchev–Trinajstić information content (AvgIpc) is 2.39. The van der Waals surface area contributed by atoms with Crippen LogP contribution in [0.5, 0.6) is 5.75 Å². The van der Waals surface area contributed by atoms with Crippen LogP contribution in [-0.2, 0) is 10.2 Å². The van der Waals surface area contributed by atoms with Crippen LogP contribution in [-0.4, -0.2) is 5.97 Å². The maximum atomic E-state index is 12.3. The zero-order valence-electron chi connectivity index (χ0n) is 11.5. The Morgan fingerprint density at radius 1 is 1.00 bits per heavy atom. The van der Waals surface area contributed by atoms with Crippen LogP contribution in [0, 0.1) is 6.92 Å². The third-order valence-electron chi connectivity index (χ3n) is 3.21.